The predicted octanol–water partition coefficient (Wildman–Crippen LogP) is 1.87. The molecule has 0 atom stereocenters. The molecule has 0 fully saturated rings. The van der Waals surface area contributed by atoms with Crippen LogP contribution in [0.25, 0.3) is 0 Å². The molecule has 0 amide bonds. The fraction of sp³-hybridized carbons (Fsp3) is 0.100. The predicted molar refractivity (Wildman–Crippen MR) is 44.4 cm³/mol. The molecule has 0 heterocycles. The number of benzene rings is 1. The molecule has 0 saturated carbocycles. The van der Waals surface area contributed by atoms with Gasteiger partial charge in [-0.2, -0.15) is 0 Å². The summed E-state index contributed by atoms with van der Waals surface area (Å²) < 4.78 is 0. The molecule has 11 heavy (non-hydrogen) atoms. The first kappa shape index (κ1) is 7.56. The highest BCUT2D eigenvalue weighted by atomic mass is 16.1. The van der Waals surface area contributed by atoms with Crippen molar-refractivity contribution in [1.82, 2.24) is 0 Å². The standard InChI is InChI=1S/C10H8O/c1-3-9-6-4-5-7-10(9)8(2)11/h1,4-7H,2H3. The summed E-state index contributed by atoms with van der Waals surface area (Å²) in [6.07, 6.45) is 5.19. The minimum absolute atomic E-state index is 0.0125. The maximum absolute atomic E-state index is 10.9. The average Bonchev–Trinajstić information content (AvgIpc) is 2.04. The summed E-state index contributed by atoms with van der Waals surface area (Å²) in [5.74, 6) is 2.47. The number of hydrogen-bond donors (Lipinski definition) is 0. The third kappa shape index (κ3) is 1.47. The molecule has 1 aromatic carbocycles. The second-order valence-corrected chi connectivity index (χ2v) is 2.25. The summed E-state index contributed by atoms with van der Waals surface area (Å²) in [4.78, 5) is 10.9. The van der Waals surface area contributed by atoms with E-state index in [2.05, 4.69) is 5.92 Å². The second kappa shape index (κ2) is 3.03. The van der Waals surface area contributed by atoms with Crippen LogP contribution in [0.5, 0.6) is 0 Å². The molecule has 0 saturated heterocycles. The summed E-state index contributed by atoms with van der Waals surface area (Å²) >= 11 is 0. The smallest absolute Gasteiger partial charge is 0.161 e. The fourth-order valence-electron chi connectivity index (χ4n) is 0.916. The van der Waals surface area contributed by atoms with Gasteiger partial charge in [-0.15, -0.1) is 6.42 Å². The largest absolute Gasteiger partial charge is 0.294 e. The van der Waals surface area contributed by atoms with E-state index in [1.807, 2.05) is 6.07 Å². The highest BCUT2D eigenvalue weighted by Gasteiger charge is 2.01. The van der Waals surface area contributed by atoms with E-state index >= 15 is 0 Å². The van der Waals surface area contributed by atoms with Gasteiger partial charge in [-0.25, -0.2) is 0 Å². The molecule has 0 bridgehead atoms. The van der Waals surface area contributed by atoms with Gasteiger partial charge >= 0.3 is 0 Å². The maximum atomic E-state index is 10.9. The Kier molecular flexibility index (Phi) is 2.08. The Morgan fingerprint density at radius 3 is 2.55 bits per heavy atom. The van der Waals surface area contributed by atoms with Crippen LogP contribution in [0, 0.1) is 12.3 Å². The van der Waals surface area contributed by atoms with Crippen molar-refractivity contribution in [2.75, 3.05) is 0 Å². The Morgan fingerprint density at radius 1 is 1.45 bits per heavy atom. The maximum Gasteiger partial charge on any atom is 0.161 e. The number of ketones is 1. The van der Waals surface area contributed by atoms with Crippen LogP contribution >= 0.6 is 0 Å². The normalized spacial score (nSPS) is 8.73. The van der Waals surface area contributed by atoms with Gasteiger partial charge in [0.25, 0.3) is 0 Å². The molecule has 1 rings (SSSR count). The number of hydrogen-bond acceptors (Lipinski definition) is 1. The van der Waals surface area contributed by atoms with Crippen molar-refractivity contribution in [1.29, 1.82) is 0 Å². The van der Waals surface area contributed by atoms with Gasteiger partial charge in [0.05, 0.1) is 0 Å². The zero-order valence-corrected chi connectivity index (χ0v) is 6.29. The van der Waals surface area contributed by atoms with Crippen molar-refractivity contribution < 1.29 is 4.79 Å². The Balaban J connectivity index is 3.26. The molecule has 0 aliphatic carbocycles. The first-order valence-corrected chi connectivity index (χ1v) is 3.32. The van der Waals surface area contributed by atoms with Crippen LogP contribution in [0.2, 0.25) is 0 Å². The molecule has 0 unspecified atom stereocenters. The molecule has 0 N–H and O–H groups in total. The highest BCUT2D eigenvalue weighted by molar-refractivity contribution is 5.96. The van der Waals surface area contributed by atoms with Gasteiger partial charge in [-0.3, -0.25) is 4.79 Å². The molecular formula is C10H8O. The van der Waals surface area contributed by atoms with E-state index in [0.29, 0.717) is 11.1 Å². The summed E-state index contributed by atoms with van der Waals surface area (Å²) in [5.41, 5.74) is 1.29. The number of rotatable bonds is 1. The van der Waals surface area contributed by atoms with Crippen LogP contribution < -0.4 is 0 Å². The average molecular weight is 144 g/mol. The highest BCUT2D eigenvalue weighted by Crippen LogP contribution is 2.06. The van der Waals surface area contributed by atoms with Crippen LogP contribution in [-0.2, 0) is 0 Å². The van der Waals surface area contributed by atoms with Gasteiger partial charge in [-0.05, 0) is 13.0 Å². The topological polar surface area (TPSA) is 17.1 Å². The zero-order valence-electron chi connectivity index (χ0n) is 6.29. The lowest BCUT2D eigenvalue weighted by molar-refractivity contribution is 0.101. The minimum atomic E-state index is 0.0125. The SMILES string of the molecule is C#Cc1ccccc1C(C)=O. The molecule has 1 heteroatoms. The van der Waals surface area contributed by atoms with E-state index in [0.717, 1.165) is 0 Å². The van der Waals surface area contributed by atoms with Crippen LogP contribution in [0.3, 0.4) is 0 Å². The van der Waals surface area contributed by atoms with Crippen molar-refractivity contribution in [2.24, 2.45) is 0 Å². The van der Waals surface area contributed by atoms with Gasteiger partial charge in [-0.1, -0.05) is 24.1 Å². The summed E-state index contributed by atoms with van der Waals surface area (Å²) in [6, 6.07) is 7.12. The molecule has 1 aromatic rings. The van der Waals surface area contributed by atoms with Crippen molar-refractivity contribution in [3.63, 3.8) is 0 Å². The molecule has 0 aliphatic heterocycles. The number of carbonyl (C=O) groups excluding carboxylic acids is 1. The third-order valence-corrected chi connectivity index (χ3v) is 1.46. The van der Waals surface area contributed by atoms with E-state index in [1.165, 1.54) is 6.92 Å². The summed E-state index contributed by atoms with van der Waals surface area (Å²) in [7, 11) is 0. The van der Waals surface area contributed by atoms with E-state index in [-0.39, 0.29) is 5.78 Å². The minimum Gasteiger partial charge on any atom is -0.294 e. The van der Waals surface area contributed by atoms with E-state index < -0.39 is 0 Å². The molecule has 54 valence electrons. The second-order valence-electron chi connectivity index (χ2n) is 2.25. The Labute approximate surface area is 66.1 Å². The van der Waals surface area contributed by atoms with Gasteiger partial charge in [0.1, 0.15) is 0 Å². The lowest BCUT2D eigenvalue weighted by atomic mass is 10.1. The molecule has 0 spiro atoms. The molecule has 0 radical (unpaired) electrons. The van der Waals surface area contributed by atoms with Gasteiger partial charge in [0.15, 0.2) is 5.78 Å². The molecule has 0 aliphatic rings. The Hall–Kier alpha value is -1.55. The van der Waals surface area contributed by atoms with E-state index in [4.69, 9.17) is 6.42 Å². The third-order valence-electron chi connectivity index (χ3n) is 1.46. The Bertz CT molecular complexity index is 318. The number of carbonyl (C=O) groups is 1. The van der Waals surface area contributed by atoms with Gasteiger partial charge < -0.3 is 0 Å². The van der Waals surface area contributed by atoms with Gasteiger partial charge in [0.2, 0.25) is 0 Å². The first-order valence-electron chi connectivity index (χ1n) is 3.32. The summed E-state index contributed by atoms with van der Waals surface area (Å²) in [5, 5.41) is 0. The van der Waals surface area contributed by atoms with Crippen LogP contribution in [-0.4, -0.2) is 5.78 Å². The molecular weight excluding hydrogens is 136 g/mol. The Morgan fingerprint density at radius 2 is 2.09 bits per heavy atom. The van der Waals surface area contributed by atoms with Crippen molar-refractivity contribution in [3.8, 4) is 12.3 Å². The molecule has 0 aromatic heterocycles. The fourth-order valence-corrected chi connectivity index (χ4v) is 0.916. The van der Waals surface area contributed by atoms with Crippen LogP contribution in [0.1, 0.15) is 22.8 Å². The quantitative estimate of drug-likeness (QED) is 0.434. The monoisotopic (exact) mass is 144 g/mol. The first-order chi connectivity index (χ1) is 5.25. The lowest BCUT2D eigenvalue weighted by Crippen LogP contribution is -1.94. The molecule has 1 nitrogen and oxygen atoms in total. The zero-order chi connectivity index (χ0) is 8.27. The number of terminal acetylenes is 1. The van der Waals surface area contributed by atoms with E-state index in [1.54, 1.807) is 18.2 Å². The number of Topliss-reactive ketones (excluding diaryl/α,β-unsaturated/α-hetero) is 1. The van der Waals surface area contributed by atoms with Crippen molar-refractivity contribution in [3.05, 3.63) is 35.4 Å². The lowest BCUT2D eigenvalue weighted by Gasteiger charge is -1.97. The van der Waals surface area contributed by atoms with Crippen LogP contribution in [0.4, 0.5) is 0 Å². The summed E-state index contributed by atoms with van der Waals surface area (Å²) in [6.45, 7) is 1.51. The van der Waals surface area contributed by atoms with Gasteiger partial charge in [0, 0.05) is 11.1 Å². The van der Waals surface area contributed by atoms with Crippen molar-refractivity contribution >= 4 is 5.78 Å². The van der Waals surface area contributed by atoms with Crippen molar-refractivity contribution in [2.45, 2.75) is 6.92 Å². The van der Waals surface area contributed by atoms with E-state index in [9.17, 15) is 4.79 Å². The van der Waals surface area contributed by atoms with Crippen LogP contribution in [0.15, 0.2) is 24.3 Å².